The van der Waals surface area contributed by atoms with Gasteiger partial charge in [-0.05, 0) is 53.1 Å². The highest BCUT2D eigenvalue weighted by Gasteiger charge is 2.47. The third kappa shape index (κ3) is 11.6. The fraction of sp³-hybridized carbons (Fsp3) is 0.341. The number of ether oxygens (including phenoxy) is 6. The minimum Gasteiger partial charge on any atom is -0.504 e. The van der Waals surface area contributed by atoms with Gasteiger partial charge < -0.3 is 69.3 Å². The Morgan fingerprint density at radius 1 is 0.741 bits per heavy atom. The summed E-state index contributed by atoms with van der Waals surface area (Å²) in [5.74, 6) is -5.17. The summed E-state index contributed by atoms with van der Waals surface area (Å²) in [4.78, 5) is 39.7. The van der Waals surface area contributed by atoms with Gasteiger partial charge in [0, 0.05) is 30.4 Å². The quantitative estimate of drug-likeness (QED) is 0.0336. The van der Waals surface area contributed by atoms with E-state index in [-0.39, 0.29) is 60.2 Å². The van der Waals surface area contributed by atoms with Crippen molar-refractivity contribution < 1.29 is 83.7 Å². The number of aliphatic hydroxyl groups is 4. The van der Waals surface area contributed by atoms with Crippen LogP contribution >= 0.6 is 0 Å². The molecule has 58 heavy (non-hydrogen) atoms. The Labute approximate surface area is 331 Å². The zero-order valence-electron chi connectivity index (χ0n) is 30.9. The third-order valence-electron chi connectivity index (χ3n) is 9.19. The molecule has 2 heterocycles. The lowest BCUT2D eigenvalue weighted by atomic mass is 9.86. The van der Waals surface area contributed by atoms with Gasteiger partial charge in [0.15, 0.2) is 29.3 Å². The van der Waals surface area contributed by atoms with Gasteiger partial charge in [-0.15, -0.1) is 0 Å². The first-order valence-corrected chi connectivity index (χ1v) is 18.1. The van der Waals surface area contributed by atoms with Crippen molar-refractivity contribution in [2.24, 2.45) is 5.92 Å². The number of hydrogen-bond acceptors (Lipinski definition) is 17. The molecule has 17 heteroatoms. The molecule has 2 aliphatic heterocycles. The van der Waals surface area contributed by atoms with Crippen molar-refractivity contribution in [1.82, 2.24) is 0 Å². The van der Waals surface area contributed by atoms with Crippen molar-refractivity contribution in [1.29, 1.82) is 0 Å². The highest BCUT2D eigenvalue weighted by Crippen LogP contribution is 2.37. The Bertz CT molecular complexity index is 1970. The SMILES string of the molecule is O=C(/C=C/c1ccccc1)OC/C=C1\C(O[C@H]2O[C@@H](CO)[C@H](O)[C@@H](O)[C@@H]2O)OC=C(C(=O)OCCc2ccc(O)c(O)c2)C1CC(=O)OCCc1ccc(O)c(O)c1. The minimum absolute atomic E-state index is 0.00453. The molecule has 1 fully saturated rings. The van der Waals surface area contributed by atoms with Crippen LogP contribution in [0.2, 0.25) is 0 Å². The number of esters is 3. The van der Waals surface area contributed by atoms with Crippen LogP contribution in [0.4, 0.5) is 0 Å². The normalized spacial score (nSPS) is 23.8. The Morgan fingerprint density at radius 3 is 2.00 bits per heavy atom. The van der Waals surface area contributed by atoms with E-state index in [0.29, 0.717) is 11.1 Å². The number of hydrogen-bond donors (Lipinski definition) is 8. The van der Waals surface area contributed by atoms with Gasteiger partial charge in [-0.2, -0.15) is 0 Å². The molecule has 0 radical (unpaired) electrons. The topological polar surface area (TPSA) is 268 Å². The number of rotatable bonds is 16. The lowest BCUT2D eigenvalue weighted by Crippen LogP contribution is -2.60. The molecule has 0 aromatic heterocycles. The van der Waals surface area contributed by atoms with Crippen molar-refractivity contribution in [2.75, 3.05) is 26.4 Å². The van der Waals surface area contributed by atoms with Crippen LogP contribution in [0.3, 0.4) is 0 Å². The predicted molar refractivity (Wildman–Crippen MR) is 199 cm³/mol. The molecule has 0 aliphatic carbocycles. The molecule has 8 N–H and O–H groups in total. The number of aliphatic hydroxyl groups excluding tert-OH is 4. The van der Waals surface area contributed by atoms with Crippen molar-refractivity contribution in [3.05, 3.63) is 113 Å². The predicted octanol–water partition coefficient (Wildman–Crippen LogP) is 1.63. The number of carbonyl (C=O) groups excluding carboxylic acids is 3. The van der Waals surface area contributed by atoms with Gasteiger partial charge >= 0.3 is 17.9 Å². The molecule has 0 spiro atoms. The summed E-state index contributed by atoms with van der Waals surface area (Å²) in [7, 11) is 0. The standard InChI is InChI=1S/C41H44O17/c42-21-33-36(49)37(50)38(51)41(57-33)58-40-26(14-17-53-34(47)11-8-23-4-2-1-3-5-23)27(20-35(48)54-15-12-24-6-9-29(43)31(45)18-24)28(22-56-40)39(52)55-16-13-25-7-10-30(44)32(46)19-25/h1-11,14,18-19,22,27,33,36-38,40-46,49-51H,12-13,15-17,20-21H2/b11-8+,26-14-/t27?,33-,36-,37+,38-,40?,41+/m0/s1. The maximum atomic E-state index is 13.6. The zero-order valence-corrected chi connectivity index (χ0v) is 30.9. The number of benzene rings is 3. The molecule has 3 aromatic rings. The largest absolute Gasteiger partial charge is 0.504 e. The average Bonchev–Trinajstić information content (AvgIpc) is 3.21. The molecule has 5 rings (SSSR count). The number of phenols is 4. The summed E-state index contributed by atoms with van der Waals surface area (Å²) in [5.41, 5.74) is 1.58. The Balaban J connectivity index is 1.40. The van der Waals surface area contributed by atoms with E-state index >= 15 is 0 Å². The Hall–Kier alpha value is -5.95. The van der Waals surface area contributed by atoms with Crippen LogP contribution in [0.1, 0.15) is 23.1 Å². The molecule has 3 aromatic carbocycles. The van der Waals surface area contributed by atoms with E-state index in [2.05, 4.69) is 0 Å². The molecule has 1 saturated heterocycles. The maximum absolute atomic E-state index is 13.6. The van der Waals surface area contributed by atoms with Crippen LogP contribution in [0.5, 0.6) is 23.0 Å². The summed E-state index contributed by atoms with van der Waals surface area (Å²) in [6, 6.07) is 17.1. The van der Waals surface area contributed by atoms with E-state index in [1.807, 2.05) is 6.07 Å². The molecule has 2 unspecified atom stereocenters. The van der Waals surface area contributed by atoms with Crippen molar-refractivity contribution in [3.63, 3.8) is 0 Å². The van der Waals surface area contributed by atoms with Gasteiger partial charge in [-0.25, -0.2) is 9.59 Å². The second kappa shape index (κ2) is 20.5. The van der Waals surface area contributed by atoms with E-state index < -0.39 is 80.5 Å². The summed E-state index contributed by atoms with van der Waals surface area (Å²) < 4.78 is 33.5. The molecule has 2 aliphatic rings. The first kappa shape index (κ1) is 43.2. The fourth-order valence-electron chi connectivity index (χ4n) is 6.01. The number of phenolic OH excluding ortho intramolecular Hbond substituents is 4. The first-order chi connectivity index (χ1) is 27.8. The highest BCUT2D eigenvalue weighted by atomic mass is 16.8. The summed E-state index contributed by atoms with van der Waals surface area (Å²) in [5, 5.41) is 80.0. The second-order valence-electron chi connectivity index (χ2n) is 13.2. The van der Waals surface area contributed by atoms with Crippen molar-refractivity contribution in [3.8, 4) is 23.0 Å². The van der Waals surface area contributed by atoms with E-state index in [1.54, 1.807) is 24.3 Å². The summed E-state index contributed by atoms with van der Waals surface area (Å²) in [6.07, 6.45) is -5.35. The monoisotopic (exact) mass is 808 g/mol. The van der Waals surface area contributed by atoms with Gasteiger partial charge in [0.1, 0.15) is 31.0 Å². The Kier molecular flexibility index (Phi) is 15.2. The number of carbonyl (C=O) groups is 3. The van der Waals surface area contributed by atoms with Crippen LogP contribution in [0.25, 0.3) is 6.08 Å². The highest BCUT2D eigenvalue weighted by molar-refractivity contribution is 5.91. The molecule has 0 amide bonds. The molecular weight excluding hydrogens is 764 g/mol. The molecule has 7 atom stereocenters. The van der Waals surface area contributed by atoms with Crippen LogP contribution in [-0.4, -0.2) is 122 Å². The van der Waals surface area contributed by atoms with E-state index in [1.165, 1.54) is 54.6 Å². The molecule has 0 bridgehead atoms. The van der Waals surface area contributed by atoms with Gasteiger partial charge in [0.05, 0.1) is 38.1 Å². The van der Waals surface area contributed by atoms with Crippen LogP contribution in [-0.2, 0) is 55.6 Å². The number of aromatic hydroxyl groups is 4. The van der Waals surface area contributed by atoms with Gasteiger partial charge in [0.2, 0.25) is 6.29 Å². The molecule has 17 nitrogen and oxygen atoms in total. The van der Waals surface area contributed by atoms with E-state index in [4.69, 9.17) is 28.4 Å². The van der Waals surface area contributed by atoms with E-state index in [9.17, 15) is 55.2 Å². The maximum Gasteiger partial charge on any atom is 0.337 e. The van der Waals surface area contributed by atoms with Crippen molar-refractivity contribution in [2.45, 2.75) is 56.3 Å². The average molecular weight is 809 g/mol. The molecule has 310 valence electrons. The Morgan fingerprint density at radius 2 is 1.38 bits per heavy atom. The zero-order chi connectivity index (χ0) is 41.8. The van der Waals surface area contributed by atoms with Gasteiger partial charge in [-0.1, -0.05) is 42.5 Å². The lowest BCUT2D eigenvalue weighted by Gasteiger charge is -2.42. The third-order valence-corrected chi connectivity index (χ3v) is 9.19. The van der Waals surface area contributed by atoms with E-state index in [0.717, 1.165) is 11.8 Å². The first-order valence-electron chi connectivity index (χ1n) is 18.1. The van der Waals surface area contributed by atoms with Crippen LogP contribution in [0, 0.1) is 5.92 Å². The molecular formula is C41H44O17. The molecule has 0 saturated carbocycles. The summed E-state index contributed by atoms with van der Waals surface area (Å²) >= 11 is 0. The second-order valence-corrected chi connectivity index (χ2v) is 13.2. The summed E-state index contributed by atoms with van der Waals surface area (Å²) in [6.45, 7) is -1.60. The minimum atomic E-state index is -1.86. The van der Waals surface area contributed by atoms with Crippen molar-refractivity contribution >= 4 is 24.0 Å². The smallest absolute Gasteiger partial charge is 0.337 e. The lowest BCUT2D eigenvalue weighted by molar-refractivity contribution is -0.327. The van der Waals surface area contributed by atoms with Gasteiger partial charge in [-0.3, -0.25) is 4.79 Å². The van der Waals surface area contributed by atoms with Crippen LogP contribution < -0.4 is 0 Å². The fourth-order valence-corrected chi connectivity index (χ4v) is 6.01. The van der Waals surface area contributed by atoms with Gasteiger partial charge in [0.25, 0.3) is 0 Å². The van der Waals surface area contributed by atoms with Crippen LogP contribution in [0.15, 0.2) is 96.3 Å².